The number of amides is 1. The van der Waals surface area contributed by atoms with Crippen molar-refractivity contribution in [1.82, 2.24) is 9.97 Å². The van der Waals surface area contributed by atoms with Gasteiger partial charge < -0.3 is 5.32 Å². The van der Waals surface area contributed by atoms with E-state index in [1.54, 1.807) is 0 Å². The van der Waals surface area contributed by atoms with E-state index in [4.69, 9.17) is 9.97 Å². The lowest BCUT2D eigenvalue weighted by molar-refractivity contribution is -0.116. The third-order valence-corrected chi connectivity index (χ3v) is 6.86. The molecule has 0 bridgehead atoms. The van der Waals surface area contributed by atoms with Crippen LogP contribution in [0, 0.1) is 0 Å². The fraction of sp³-hybridized carbons (Fsp3) is 0.393. The molecule has 32 heavy (non-hydrogen) atoms. The summed E-state index contributed by atoms with van der Waals surface area (Å²) >= 11 is 0. The molecule has 3 aromatic rings. The van der Waals surface area contributed by atoms with Crippen LogP contribution in [-0.2, 0) is 24.1 Å². The second kappa shape index (κ2) is 9.64. The van der Waals surface area contributed by atoms with Gasteiger partial charge >= 0.3 is 0 Å². The van der Waals surface area contributed by atoms with Gasteiger partial charge in [-0.3, -0.25) is 4.79 Å². The first kappa shape index (κ1) is 20.9. The number of benzene rings is 2. The van der Waals surface area contributed by atoms with E-state index in [1.165, 1.54) is 36.0 Å². The van der Waals surface area contributed by atoms with Crippen LogP contribution in [0.25, 0.3) is 11.3 Å². The lowest BCUT2D eigenvalue weighted by Gasteiger charge is -2.26. The molecule has 1 aromatic heterocycles. The smallest absolute Gasteiger partial charge is 0.225 e. The lowest BCUT2D eigenvalue weighted by Crippen LogP contribution is -2.20. The molecule has 2 aliphatic carbocycles. The topological polar surface area (TPSA) is 54.9 Å². The highest BCUT2D eigenvalue weighted by Crippen LogP contribution is 2.38. The van der Waals surface area contributed by atoms with Crippen LogP contribution in [0.5, 0.6) is 0 Å². The first-order chi connectivity index (χ1) is 15.8. The van der Waals surface area contributed by atoms with Crippen molar-refractivity contribution in [3.8, 4) is 11.3 Å². The summed E-state index contributed by atoms with van der Waals surface area (Å²) in [5, 5.41) is 3.16. The maximum absolute atomic E-state index is 12.8. The Labute approximate surface area is 190 Å². The lowest BCUT2D eigenvalue weighted by atomic mass is 9.85. The highest BCUT2D eigenvalue weighted by molar-refractivity contribution is 5.90. The summed E-state index contributed by atoms with van der Waals surface area (Å²) in [4.78, 5) is 23.0. The number of aromatic nitrogens is 2. The summed E-state index contributed by atoms with van der Waals surface area (Å²) in [5.74, 6) is 1.14. The maximum Gasteiger partial charge on any atom is 0.225 e. The van der Waals surface area contributed by atoms with Gasteiger partial charge in [-0.05, 0) is 49.7 Å². The molecule has 0 spiro atoms. The summed E-state index contributed by atoms with van der Waals surface area (Å²) in [6.45, 7) is 0. The number of hydrogen-bond acceptors (Lipinski definition) is 3. The van der Waals surface area contributed by atoms with Gasteiger partial charge in [0.25, 0.3) is 0 Å². The van der Waals surface area contributed by atoms with Crippen LogP contribution in [-0.4, -0.2) is 15.9 Å². The van der Waals surface area contributed by atoms with Crippen LogP contribution in [0.15, 0.2) is 54.6 Å². The molecule has 0 saturated heterocycles. The Kier molecular flexibility index (Phi) is 6.29. The minimum atomic E-state index is 0.0449. The van der Waals surface area contributed by atoms with Gasteiger partial charge in [0.2, 0.25) is 5.91 Å². The fourth-order valence-electron chi connectivity index (χ4n) is 5.14. The summed E-state index contributed by atoms with van der Waals surface area (Å²) in [5.41, 5.74) is 6.87. The standard InChI is InChI=1S/C28H31N3O/c32-25(17-9-12-20-10-3-1-4-11-20)30-28-26(22-14-5-2-6-15-22)31-27-23-16-8-7-13-21(23)18-19-24(27)29-28/h1,3-4,7-8,10-11,13,16,22H,2,5-6,9,12,14-15,17-19H2,(H,29,30,32). The van der Waals surface area contributed by atoms with Crippen LogP contribution < -0.4 is 5.32 Å². The monoisotopic (exact) mass is 425 g/mol. The molecular weight excluding hydrogens is 394 g/mol. The number of aryl methyl sites for hydroxylation is 3. The van der Waals surface area contributed by atoms with E-state index in [9.17, 15) is 4.79 Å². The Morgan fingerprint density at radius 1 is 0.906 bits per heavy atom. The van der Waals surface area contributed by atoms with E-state index in [1.807, 2.05) is 18.2 Å². The zero-order valence-corrected chi connectivity index (χ0v) is 18.6. The van der Waals surface area contributed by atoms with Gasteiger partial charge in [0.1, 0.15) is 0 Å². The van der Waals surface area contributed by atoms with Crippen LogP contribution in [0.3, 0.4) is 0 Å². The predicted molar refractivity (Wildman–Crippen MR) is 129 cm³/mol. The quantitative estimate of drug-likeness (QED) is 0.508. The summed E-state index contributed by atoms with van der Waals surface area (Å²) in [6.07, 6.45) is 10.1. The van der Waals surface area contributed by atoms with E-state index < -0.39 is 0 Å². The Morgan fingerprint density at radius 2 is 1.69 bits per heavy atom. The number of nitrogens with one attached hydrogen (secondary N) is 1. The van der Waals surface area contributed by atoms with Crippen LogP contribution >= 0.6 is 0 Å². The van der Waals surface area contributed by atoms with Gasteiger partial charge in [-0.25, -0.2) is 9.97 Å². The van der Waals surface area contributed by atoms with Crippen LogP contribution in [0.2, 0.25) is 0 Å². The van der Waals surface area contributed by atoms with E-state index in [2.05, 4.69) is 41.7 Å². The number of anilines is 1. The van der Waals surface area contributed by atoms with E-state index in [0.717, 1.165) is 55.6 Å². The largest absolute Gasteiger partial charge is 0.309 e. The second-order valence-electron chi connectivity index (χ2n) is 9.13. The Morgan fingerprint density at radius 3 is 2.53 bits per heavy atom. The van der Waals surface area contributed by atoms with Crippen LogP contribution in [0.4, 0.5) is 5.82 Å². The number of hydrogen-bond donors (Lipinski definition) is 1. The highest BCUT2D eigenvalue weighted by atomic mass is 16.1. The predicted octanol–water partition coefficient (Wildman–Crippen LogP) is 6.25. The number of rotatable bonds is 6. The molecule has 0 atom stereocenters. The van der Waals surface area contributed by atoms with Gasteiger partial charge in [0.05, 0.1) is 17.1 Å². The Bertz CT molecular complexity index is 1090. The zero-order valence-electron chi connectivity index (χ0n) is 18.6. The van der Waals surface area contributed by atoms with Crippen LogP contribution in [0.1, 0.15) is 73.4 Å². The fourth-order valence-corrected chi connectivity index (χ4v) is 5.14. The zero-order chi connectivity index (χ0) is 21.8. The summed E-state index contributed by atoms with van der Waals surface area (Å²) in [7, 11) is 0. The molecule has 0 unspecified atom stereocenters. The highest BCUT2D eigenvalue weighted by Gasteiger charge is 2.27. The molecule has 1 fully saturated rings. The summed E-state index contributed by atoms with van der Waals surface area (Å²) < 4.78 is 0. The Balaban J connectivity index is 1.38. The molecule has 1 N–H and O–H groups in total. The van der Waals surface area contributed by atoms with E-state index in [0.29, 0.717) is 18.2 Å². The number of fused-ring (bicyclic) bond motifs is 3. The molecule has 2 aliphatic rings. The SMILES string of the molecule is O=C(CCCc1ccccc1)Nc1nc2c(nc1C1CCCCC1)-c1ccccc1CC2. The first-order valence-corrected chi connectivity index (χ1v) is 12.1. The minimum Gasteiger partial charge on any atom is -0.309 e. The third-order valence-electron chi connectivity index (χ3n) is 6.86. The number of carbonyl (C=O) groups excluding carboxylic acids is 1. The van der Waals surface area contributed by atoms with Gasteiger partial charge in [-0.15, -0.1) is 0 Å². The van der Waals surface area contributed by atoms with Gasteiger partial charge in [0, 0.05) is 17.9 Å². The molecular formula is C28H31N3O. The third kappa shape index (κ3) is 4.59. The van der Waals surface area contributed by atoms with Crippen molar-refractivity contribution in [2.75, 3.05) is 5.32 Å². The van der Waals surface area contributed by atoms with Crippen molar-refractivity contribution in [3.05, 3.63) is 77.1 Å². The van der Waals surface area contributed by atoms with Crippen molar-refractivity contribution in [3.63, 3.8) is 0 Å². The van der Waals surface area contributed by atoms with Gasteiger partial charge in [-0.1, -0.05) is 73.9 Å². The first-order valence-electron chi connectivity index (χ1n) is 12.1. The molecule has 4 nitrogen and oxygen atoms in total. The molecule has 2 aromatic carbocycles. The van der Waals surface area contributed by atoms with Gasteiger partial charge in [0.15, 0.2) is 5.82 Å². The van der Waals surface area contributed by atoms with E-state index in [-0.39, 0.29) is 5.91 Å². The second-order valence-corrected chi connectivity index (χ2v) is 9.13. The maximum atomic E-state index is 12.8. The average Bonchev–Trinajstić information content (AvgIpc) is 2.85. The molecule has 0 radical (unpaired) electrons. The van der Waals surface area contributed by atoms with E-state index >= 15 is 0 Å². The molecule has 1 heterocycles. The van der Waals surface area contributed by atoms with Gasteiger partial charge in [-0.2, -0.15) is 0 Å². The summed E-state index contributed by atoms with van der Waals surface area (Å²) in [6, 6.07) is 18.9. The molecule has 1 amide bonds. The normalized spacial score (nSPS) is 15.6. The molecule has 164 valence electrons. The molecule has 5 rings (SSSR count). The van der Waals surface area contributed by atoms with Crippen molar-refractivity contribution in [2.24, 2.45) is 0 Å². The minimum absolute atomic E-state index is 0.0449. The number of nitrogens with zero attached hydrogens (tertiary/aromatic N) is 2. The molecule has 4 heteroatoms. The average molecular weight is 426 g/mol. The van der Waals surface area contributed by atoms with Crippen molar-refractivity contribution >= 4 is 11.7 Å². The number of carbonyl (C=O) groups is 1. The Hall–Kier alpha value is -3.01. The van der Waals surface area contributed by atoms with Crippen molar-refractivity contribution < 1.29 is 4.79 Å². The molecule has 1 saturated carbocycles. The van der Waals surface area contributed by atoms with Crippen molar-refractivity contribution in [1.29, 1.82) is 0 Å². The molecule has 0 aliphatic heterocycles. The van der Waals surface area contributed by atoms with Crippen molar-refractivity contribution in [2.45, 2.75) is 70.1 Å².